The Bertz CT molecular complexity index is 527. The fourth-order valence-corrected chi connectivity index (χ4v) is 3.18. The quantitative estimate of drug-likeness (QED) is 0.811. The molecule has 0 aromatic carbocycles. The first-order chi connectivity index (χ1) is 9.61. The minimum Gasteiger partial charge on any atom is -0.461 e. The summed E-state index contributed by atoms with van der Waals surface area (Å²) in [6.45, 7) is 5.10. The highest BCUT2D eigenvalue weighted by atomic mass is 16.5. The van der Waals surface area contributed by atoms with Gasteiger partial charge in [-0.05, 0) is 43.9 Å². The summed E-state index contributed by atoms with van der Waals surface area (Å²) in [6.07, 6.45) is 6.05. The first-order valence-corrected chi connectivity index (χ1v) is 7.63. The molecule has 0 radical (unpaired) electrons. The van der Waals surface area contributed by atoms with Gasteiger partial charge in [0.1, 0.15) is 11.6 Å². The molecule has 0 bridgehead atoms. The molecule has 0 spiro atoms. The molecule has 1 aromatic heterocycles. The van der Waals surface area contributed by atoms with Crippen LogP contribution >= 0.6 is 0 Å². The van der Waals surface area contributed by atoms with Crippen LogP contribution in [0.4, 0.5) is 5.82 Å². The lowest BCUT2D eigenvalue weighted by molar-refractivity contribution is 0.0521. The maximum Gasteiger partial charge on any atom is 0.360 e. The molecular weight excluding hydrogens is 254 g/mol. The summed E-state index contributed by atoms with van der Waals surface area (Å²) < 4.78 is 7.09. The van der Waals surface area contributed by atoms with Crippen molar-refractivity contribution in [3.63, 3.8) is 0 Å². The van der Waals surface area contributed by atoms with Gasteiger partial charge in [0.2, 0.25) is 0 Å². The van der Waals surface area contributed by atoms with Crippen molar-refractivity contribution in [1.29, 1.82) is 0 Å². The summed E-state index contributed by atoms with van der Waals surface area (Å²) in [6, 6.07) is 0. The molecule has 5 heteroatoms. The first-order valence-electron chi connectivity index (χ1n) is 7.63. The Morgan fingerprint density at radius 2 is 2.15 bits per heavy atom. The first kappa shape index (κ1) is 13.5. The standard InChI is InChI=1S/C15H23N3O2/c1-3-11-17-12(14(19)20-4-2)13(16)18(11)9-15(7-8-15)10-5-6-10/h10H,3-9,16H2,1-2H3. The molecule has 1 aromatic rings. The van der Waals surface area contributed by atoms with Gasteiger partial charge in [0.15, 0.2) is 5.69 Å². The van der Waals surface area contributed by atoms with E-state index in [0.29, 0.717) is 17.8 Å². The predicted molar refractivity (Wildman–Crippen MR) is 76.4 cm³/mol. The van der Waals surface area contributed by atoms with E-state index < -0.39 is 5.97 Å². The van der Waals surface area contributed by atoms with E-state index in [9.17, 15) is 4.79 Å². The lowest BCUT2D eigenvalue weighted by Crippen LogP contribution is -2.18. The molecule has 1 heterocycles. The predicted octanol–water partition coefficient (Wildman–Crippen LogP) is 2.39. The number of hydrogen-bond donors (Lipinski definition) is 1. The van der Waals surface area contributed by atoms with Crippen molar-refractivity contribution in [3.8, 4) is 0 Å². The molecule has 2 aliphatic rings. The summed E-state index contributed by atoms with van der Waals surface area (Å²) >= 11 is 0. The van der Waals surface area contributed by atoms with Gasteiger partial charge in [-0.2, -0.15) is 0 Å². The molecular formula is C15H23N3O2. The van der Waals surface area contributed by atoms with E-state index in [1.165, 1.54) is 25.7 Å². The van der Waals surface area contributed by atoms with Crippen LogP contribution in [0.5, 0.6) is 0 Å². The Kier molecular flexibility index (Phi) is 3.22. The van der Waals surface area contributed by atoms with Gasteiger partial charge in [-0.1, -0.05) is 6.92 Å². The van der Waals surface area contributed by atoms with E-state index in [1.807, 2.05) is 6.92 Å². The number of nitrogens with zero attached hydrogens (tertiary/aromatic N) is 2. The number of hydrogen-bond acceptors (Lipinski definition) is 4. The van der Waals surface area contributed by atoms with E-state index in [4.69, 9.17) is 10.5 Å². The van der Waals surface area contributed by atoms with Gasteiger partial charge < -0.3 is 15.0 Å². The maximum absolute atomic E-state index is 11.9. The number of imidazole rings is 1. The van der Waals surface area contributed by atoms with Crippen LogP contribution in [0.15, 0.2) is 0 Å². The molecule has 0 atom stereocenters. The highest BCUT2D eigenvalue weighted by Gasteiger charge is 2.54. The van der Waals surface area contributed by atoms with Crippen molar-refractivity contribution in [2.75, 3.05) is 12.3 Å². The molecule has 0 saturated heterocycles. The molecule has 0 aliphatic heterocycles. The van der Waals surface area contributed by atoms with Gasteiger partial charge in [0, 0.05) is 13.0 Å². The van der Waals surface area contributed by atoms with Crippen LogP contribution in [0.3, 0.4) is 0 Å². The number of nitrogens with two attached hydrogens (primary N) is 1. The number of carbonyl (C=O) groups excluding carboxylic acids is 1. The zero-order chi connectivity index (χ0) is 14.3. The largest absolute Gasteiger partial charge is 0.461 e. The van der Waals surface area contributed by atoms with Crippen molar-refractivity contribution in [2.24, 2.45) is 11.3 Å². The third-order valence-electron chi connectivity index (χ3n) is 4.68. The second kappa shape index (κ2) is 4.79. The van der Waals surface area contributed by atoms with Gasteiger partial charge >= 0.3 is 5.97 Å². The molecule has 2 aliphatic carbocycles. The molecule has 3 rings (SSSR count). The minimum atomic E-state index is -0.408. The summed E-state index contributed by atoms with van der Waals surface area (Å²) in [4.78, 5) is 16.3. The van der Waals surface area contributed by atoms with Gasteiger partial charge in [0.25, 0.3) is 0 Å². The summed E-state index contributed by atoms with van der Waals surface area (Å²) in [5, 5.41) is 0. The highest BCUT2D eigenvalue weighted by Crippen LogP contribution is 2.62. The summed E-state index contributed by atoms with van der Waals surface area (Å²) in [7, 11) is 0. The molecule has 0 amide bonds. The molecule has 0 unspecified atom stereocenters. The van der Waals surface area contributed by atoms with Crippen molar-refractivity contribution in [3.05, 3.63) is 11.5 Å². The Balaban J connectivity index is 1.87. The van der Waals surface area contributed by atoms with Gasteiger partial charge in [-0.3, -0.25) is 0 Å². The summed E-state index contributed by atoms with van der Waals surface area (Å²) in [5.41, 5.74) is 6.89. The van der Waals surface area contributed by atoms with Crippen LogP contribution in [0.1, 0.15) is 55.8 Å². The van der Waals surface area contributed by atoms with Crippen molar-refractivity contribution in [1.82, 2.24) is 9.55 Å². The molecule has 2 saturated carbocycles. The fourth-order valence-electron chi connectivity index (χ4n) is 3.18. The second-order valence-electron chi connectivity index (χ2n) is 6.06. The fraction of sp³-hybridized carbons (Fsp3) is 0.733. The molecule has 2 fully saturated rings. The topological polar surface area (TPSA) is 70.1 Å². The molecule has 110 valence electrons. The molecule has 5 nitrogen and oxygen atoms in total. The van der Waals surface area contributed by atoms with Crippen molar-refractivity contribution in [2.45, 2.75) is 52.5 Å². The van der Waals surface area contributed by atoms with Gasteiger partial charge in [-0.15, -0.1) is 0 Å². The summed E-state index contributed by atoms with van der Waals surface area (Å²) in [5.74, 6) is 1.83. The average Bonchev–Trinajstić information content (AvgIpc) is 3.31. The van der Waals surface area contributed by atoms with E-state index >= 15 is 0 Å². The smallest absolute Gasteiger partial charge is 0.360 e. The number of carbonyl (C=O) groups is 1. The lowest BCUT2D eigenvalue weighted by atomic mass is 10.0. The number of rotatable bonds is 6. The van der Waals surface area contributed by atoms with Crippen molar-refractivity contribution >= 4 is 11.8 Å². The Morgan fingerprint density at radius 3 is 2.65 bits per heavy atom. The van der Waals surface area contributed by atoms with Crippen LogP contribution in [0.2, 0.25) is 0 Å². The lowest BCUT2D eigenvalue weighted by Gasteiger charge is -2.17. The normalized spacial score (nSPS) is 19.9. The zero-order valence-corrected chi connectivity index (χ0v) is 12.3. The van der Waals surface area contributed by atoms with E-state index in [-0.39, 0.29) is 5.69 Å². The van der Waals surface area contributed by atoms with Gasteiger partial charge in [-0.25, -0.2) is 9.78 Å². The Hall–Kier alpha value is -1.52. The average molecular weight is 277 g/mol. The Labute approximate surface area is 119 Å². The number of esters is 1. The number of aromatic nitrogens is 2. The van der Waals surface area contributed by atoms with Crippen molar-refractivity contribution < 1.29 is 9.53 Å². The number of anilines is 1. The van der Waals surface area contributed by atoms with Crippen LogP contribution in [0.25, 0.3) is 0 Å². The SMILES string of the molecule is CCOC(=O)c1nc(CC)n(CC2(C3CC3)CC2)c1N. The number of nitrogen functional groups attached to an aromatic ring is 1. The van der Waals surface area contributed by atoms with Crippen LogP contribution in [-0.4, -0.2) is 22.1 Å². The van der Waals surface area contributed by atoms with Crippen LogP contribution in [-0.2, 0) is 17.7 Å². The maximum atomic E-state index is 11.9. The second-order valence-corrected chi connectivity index (χ2v) is 6.06. The minimum absolute atomic E-state index is 0.287. The molecule has 2 N–H and O–H groups in total. The third kappa shape index (κ3) is 2.19. The van der Waals surface area contributed by atoms with Gasteiger partial charge in [0.05, 0.1) is 6.61 Å². The third-order valence-corrected chi connectivity index (χ3v) is 4.68. The highest BCUT2D eigenvalue weighted by molar-refractivity contribution is 5.92. The monoisotopic (exact) mass is 277 g/mol. The van der Waals surface area contributed by atoms with Crippen LogP contribution < -0.4 is 5.73 Å². The number of aryl methyl sites for hydroxylation is 1. The van der Waals surface area contributed by atoms with E-state index in [2.05, 4.69) is 9.55 Å². The van der Waals surface area contributed by atoms with E-state index in [0.717, 1.165) is 24.7 Å². The van der Waals surface area contributed by atoms with Crippen LogP contribution in [0, 0.1) is 11.3 Å². The van der Waals surface area contributed by atoms with E-state index in [1.54, 1.807) is 6.92 Å². The number of ether oxygens (including phenoxy) is 1. The Morgan fingerprint density at radius 1 is 1.45 bits per heavy atom. The zero-order valence-electron chi connectivity index (χ0n) is 12.3. The molecule has 20 heavy (non-hydrogen) atoms.